The van der Waals surface area contributed by atoms with Crippen LogP contribution in [0.3, 0.4) is 0 Å². The maximum absolute atomic E-state index is 10.9. The van der Waals surface area contributed by atoms with E-state index in [1.54, 1.807) is 19.2 Å². The number of rotatable bonds is 7. The van der Waals surface area contributed by atoms with Crippen LogP contribution in [-0.2, 0) is 16.0 Å². The first-order valence-corrected chi connectivity index (χ1v) is 5.37. The summed E-state index contributed by atoms with van der Waals surface area (Å²) in [7, 11) is 0. The molecule has 4 heteroatoms. The predicted octanol–water partition coefficient (Wildman–Crippen LogP) is 1.63. The Labute approximate surface area is 95.6 Å². The molecule has 16 heavy (non-hydrogen) atoms. The van der Waals surface area contributed by atoms with Gasteiger partial charge in [-0.2, -0.15) is 0 Å². The number of Topliss-reactive ketones (excluding diaryl/α,β-unsaturated/α-hetero) is 1. The standard InChI is InChI=1S/C12H17NO3/c1-3-15-6-7-16-12-5-4-11(9-13-12)8-10(2)14/h4-5,9H,3,6-8H2,1-2H3. The Morgan fingerprint density at radius 1 is 1.38 bits per heavy atom. The number of ether oxygens (including phenoxy) is 2. The van der Waals surface area contributed by atoms with Gasteiger partial charge in [-0.25, -0.2) is 4.98 Å². The molecule has 0 saturated heterocycles. The lowest BCUT2D eigenvalue weighted by molar-refractivity contribution is -0.116. The van der Waals surface area contributed by atoms with Gasteiger partial charge in [-0.3, -0.25) is 4.79 Å². The van der Waals surface area contributed by atoms with Gasteiger partial charge in [0.2, 0.25) is 5.88 Å². The predicted molar refractivity (Wildman–Crippen MR) is 60.6 cm³/mol. The summed E-state index contributed by atoms with van der Waals surface area (Å²) >= 11 is 0. The fourth-order valence-electron chi connectivity index (χ4n) is 1.24. The van der Waals surface area contributed by atoms with Crippen molar-refractivity contribution in [1.82, 2.24) is 4.98 Å². The van der Waals surface area contributed by atoms with Gasteiger partial charge in [0.1, 0.15) is 12.4 Å². The van der Waals surface area contributed by atoms with E-state index in [0.717, 1.165) is 5.56 Å². The third kappa shape index (κ3) is 4.89. The van der Waals surface area contributed by atoms with Crippen LogP contribution in [0.15, 0.2) is 18.3 Å². The van der Waals surface area contributed by atoms with Crippen LogP contribution in [0.1, 0.15) is 19.4 Å². The summed E-state index contributed by atoms with van der Waals surface area (Å²) in [6.45, 7) is 5.25. The summed E-state index contributed by atoms with van der Waals surface area (Å²) in [5.41, 5.74) is 0.907. The molecule has 0 bridgehead atoms. The van der Waals surface area contributed by atoms with Crippen molar-refractivity contribution in [3.8, 4) is 5.88 Å². The lowest BCUT2D eigenvalue weighted by Crippen LogP contribution is -2.07. The van der Waals surface area contributed by atoms with E-state index in [0.29, 0.717) is 32.1 Å². The van der Waals surface area contributed by atoms with E-state index in [2.05, 4.69) is 4.98 Å². The van der Waals surface area contributed by atoms with Crippen molar-refractivity contribution in [2.45, 2.75) is 20.3 Å². The van der Waals surface area contributed by atoms with Crippen molar-refractivity contribution in [3.63, 3.8) is 0 Å². The van der Waals surface area contributed by atoms with Crippen LogP contribution in [0, 0.1) is 0 Å². The molecule has 0 N–H and O–H groups in total. The third-order valence-electron chi connectivity index (χ3n) is 1.93. The minimum absolute atomic E-state index is 0.131. The summed E-state index contributed by atoms with van der Waals surface area (Å²) in [6, 6.07) is 3.62. The van der Waals surface area contributed by atoms with Crippen molar-refractivity contribution < 1.29 is 14.3 Å². The second-order valence-corrected chi connectivity index (χ2v) is 3.43. The highest BCUT2D eigenvalue weighted by molar-refractivity contribution is 5.78. The van der Waals surface area contributed by atoms with E-state index >= 15 is 0 Å². The van der Waals surface area contributed by atoms with Crippen LogP contribution in [0.4, 0.5) is 0 Å². The van der Waals surface area contributed by atoms with Gasteiger partial charge in [-0.05, 0) is 19.4 Å². The molecule has 0 aliphatic heterocycles. The molecule has 88 valence electrons. The van der Waals surface area contributed by atoms with E-state index in [1.165, 1.54) is 0 Å². The summed E-state index contributed by atoms with van der Waals surface area (Å²) in [5, 5.41) is 0. The van der Waals surface area contributed by atoms with Crippen LogP contribution >= 0.6 is 0 Å². The maximum atomic E-state index is 10.9. The van der Waals surface area contributed by atoms with Crippen molar-refractivity contribution in [2.75, 3.05) is 19.8 Å². The molecule has 1 heterocycles. The molecule has 0 radical (unpaired) electrons. The molecular weight excluding hydrogens is 206 g/mol. The molecule has 0 aromatic carbocycles. The van der Waals surface area contributed by atoms with Crippen LogP contribution in [-0.4, -0.2) is 30.6 Å². The zero-order chi connectivity index (χ0) is 11.8. The Morgan fingerprint density at radius 3 is 2.75 bits per heavy atom. The average Bonchev–Trinajstić information content (AvgIpc) is 2.26. The minimum atomic E-state index is 0.131. The molecule has 4 nitrogen and oxygen atoms in total. The highest BCUT2D eigenvalue weighted by atomic mass is 16.5. The molecule has 0 unspecified atom stereocenters. The van der Waals surface area contributed by atoms with Crippen molar-refractivity contribution in [2.24, 2.45) is 0 Å². The smallest absolute Gasteiger partial charge is 0.213 e. The number of hydrogen-bond acceptors (Lipinski definition) is 4. The topological polar surface area (TPSA) is 48.4 Å². The first kappa shape index (κ1) is 12.6. The first-order chi connectivity index (χ1) is 7.72. The molecule has 0 aliphatic rings. The van der Waals surface area contributed by atoms with E-state index in [4.69, 9.17) is 9.47 Å². The monoisotopic (exact) mass is 223 g/mol. The first-order valence-electron chi connectivity index (χ1n) is 5.37. The Bertz CT molecular complexity index is 322. The van der Waals surface area contributed by atoms with Gasteiger partial charge in [0.15, 0.2) is 0 Å². The number of pyridine rings is 1. The Morgan fingerprint density at radius 2 is 2.19 bits per heavy atom. The Kier molecular flexibility index (Phi) is 5.50. The average molecular weight is 223 g/mol. The van der Waals surface area contributed by atoms with Gasteiger partial charge in [0.25, 0.3) is 0 Å². The number of aromatic nitrogens is 1. The van der Waals surface area contributed by atoms with E-state index in [1.807, 2.05) is 13.0 Å². The van der Waals surface area contributed by atoms with Crippen LogP contribution in [0.2, 0.25) is 0 Å². The quantitative estimate of drug-likeness (QED) is 0.659. The van der Waals surface area contributed by atoms with Crippen LogP contribution < -0.4 is 4.74 Å². The number of carbonyl (C=O) groups is 1. The van der Waals surface area contributed by atoms with Gasteiger partial charge in [-0.15, -0.1) is 0 Å². The van der Waals surface area contributed by atoms with Gasteiger partial charge in [0.05, 0.1) is 6.61 Å². The number of nitrogens with zero attached hydrogens (tertiary/aromatic N) is 1. The number of carbonyl (C=O) groups excluding carboxylic acids is 1. The lowest BCUT2D eigenvalue weighted by Gasteiger charge is -2.05. The molecule has 0 atom stereocenters. The molecule has 0 aliphatic carbocycles. The van der Waals surface area contributed by atoms with E-state index < -0.39 is 0 Å². The van der Waals surface area contributed by atoms with E-state index in [9.17, 15) is 4.79 Å². The molecule has 0 saturated carbocycles. The van der Waals surface area contributed by atoms with Gasteiger partial charge in [-0.1, -0.05) is 6.07 Å². The molecule has 0 amide bonds. The summed E-state index contributed by atoms with van der Waals surface area (Å²) in [4.78, 5) is 15.0. The molecular formula is C12H17NO3. The van der Waals surface area contributed by atoms with Crippen molar-refractivity contribution in [3.05, 3.63) is 23.9 Å². The molecule has 0 spiro atoms. The SMILES string of the molecule is CCOCCOc1ccc(CC(C)=O)cn1. The highest BCUT2D eigenvalue weighted by Gasteiger charge is 1.99. The molecule has 1 aromatic heterocycles. The summed E-state index contributed by atoms with van der Waals surface area (Å²) in [6.07, 6.45) is 2.09. The fraction of sp³-hybridized carbons (Fsp3) is 0.500. The molecule has 0 fully saturated rings. The number of ketones is 1. The fourth-order valence-corrected chi connectivity index (χ4v) is 1.24. The molecule has 1 rings (SSSR count). The van der Waals surface area contributed by atoms with Crippen LogP contribution in [0.5, 0.6) is 5.88 Å². The maximum Gasteiger partial charge on any atom is 0.213 e. The minimum Gasteiger partial charge on any atom is -0.475 e. The second kappa shape index (κ2) is 6.95. The molecule has 1 aromatic rings. The number of hydrogen-bond donors (Lipinski definition) is 0. The highest BCUT2D eigenvalue weighted by Crippen LogP contribution is 2.08. The van der Waals surface area contributed by atoms with E-state index in [-0.39, 0.29) is 5.78 Å². The lowest BCUT2D eigenvalue weighted by atomic mass is 10.2. The Balaban J connectivity index is 2.36. The zero-order valence-corrected chi connectivity index (χ0v) is 9.73. The second-order valence-electron chi connectivity index (χ2n) is 3.43. The third-order valence-corrected chi connectivity index (χ3v) is 1.93. The van der Waals surface area contributed by atoms with Gasteiger partial charge >= 0.3 is 0 Å². The van der Waals surface area contributed by atoms with Gasteiger partial charge < -0.3 is 9.47 Å². The summed E-state index contributed by atoms with van der Waals surface area (Å²) in [5.74, 6) is 0.693. The zero-order valence-electron chi connectivity index (χ0n) is 9.73. The largest absolute Gasteiger partial charge is 0.475 e. The normalized spacial score (nSPS) is 10.1. The van der Waals surface area contributed by atoms with Crippen molar-refractivity contribution in [1.29, 1.82) is 0 Å². The van der Waals surface area contributed by atoms with Crippen molar-refractivity contribution >= 4 is 5.78 Å². The van der Waals surface area contributed by atoms with Gasteiger partial charge in [0, 0.05) is 25.3 Å². The van der Waals surface area contributed by atoms with Crippen LogP contribution in [0.25, 0.3) is 0 Å². The summed E-state index contributed by atoms with van der Waals surface area (Å²) < 4.78 is 10.5. The Hall–Kier alpha value is -1.42.